The zero-order valence-corrected chi connectivity index (χ0v) is 13.8. The van der Waals surface area contributed by atoms with E-state index in [4.69, 9.17) is 28.9 Å². The maximum absolute atomic E-state index is 12.5. The van der Waals surface area contributed by atoms with E-state index in [-0.39, 0.29) is 21.8 Å². The Morgan fingerprint density at radius 3 is 2.35 bits per heavy atom. The number of nitrogen functional groups attached to an aromatic ring is 1. The Labute approximate surface area is 152 Å². The van der Waals surface area contributed by atoms with E-state index in [1.165, 1.54) is 0 Å². The largest absolute Gasteiger partial charge is 0.573 e. The molecule has 0 unspecified atom stereocenters. The van der Waals surface area contributed by atoms with E-state index in [2.05, 4.69) is 4.74 Å². The number of carbonyl (C=O) groups is 2. The number of carbonyl (C=O) groups excluding carboxylic acids is 2. The molecule has 1 aliphatic heterocycles. The molecule has 0 saturated carbocycles. The Kier molecular flexibility index (Phi) is 4.12. The number of hydrogen-bond acceptors (Lipinski definition) is 5. The molecule has 26 heavy (non-hydrogen) atoms. The summed E-state index contributed by atoms with van der Waals surface area (Å²) in [4.78, 5) is 35.7. The maximum atomic E-state index is 12.5. The smallest absolute Gasteiger partial charge is 0.404 e. The molecule has 3 N–H and O–H groups in total. The Bertz CT molecular complexity index is 1030. The third-order valence-corrected chi connectivity index (χ3v) is 4.20. The quantitative estimate of drug-likeness (QED) is 0.744. The molecule has 0 fully saturated rings. The van der Waals surface area contributed by atoms with E-state index in [0.717, 1.165) is 18.2 Å². The predicted octanol–water partition coefficient (Wildman–Crippen LogP) is 2.51. The van der Waals surface area contributed by atoms with Gasteiger partial charge < -0.3 is 10.5 Å². The SMILES string of the molecule is Nc1c2c(cc(=O)n1-c1cc(Cl)c(Cl)c(OC(F)(F)F)c1)C(=O)NC2=O. The van der Waals surface area contributed by atoms with Crippen LogP contribution < -0.4 is 21.3 Å². The first-order valence-electron chi connectivity index (χ1n) is 6.66. The molecule has 2 aromatic rings. The highest BCUT2D eigenvalue weighted by Crippen LogP contribution is 2.38. The summed E-state index contributed by atoms with van der Waals surface area (Å²) in [5, 5.41) is 1.08. The molecular weight excluding hydrogens is 402 g/mol. The number of imide groups is 1. The highest BCUT2D eigenvalue weighted by atomic mass is 35.5. The van der Waals surface area contributed by atoms with Crippen molar-refractivity contribution in [1.29, 1.82) is 0 Å². The van der Waals surface area contributed by atoms with Crippen LogP contribution in [-0.4, -0.2) is 22.7 Å². The van der Waals surface area contributed by atoms with Gasteiger partial charge in [0, 0.05) is 12.1 Å². The van der Waals surface area contributed by atoms with Crippen LogP contribution in [0.25, 0.3) is 5.69 Å². The van der Waals surface area contributed by atoms with E-state index in [0.29, 0.717) is 4.57 Å². The van der Waals surface area contributed by atoms with Crippen molar-refractivity contribution in [3.63, 3.8) is 0 Å². The van der Waals surface area contributed by atoms with Gasteiger partial charge in [-0.25, -0.2) is 0 Å². The van der Waals surface area contributed by atoms with Crippen LogP contribution in [0.4, 0.5) is 19.0 Å². The van der Waals surface area contributed by atoms with Gasteiger partial charge in [0.1, 0.15) is 10.8 Å². The summed E-state index contributed by atoms with van der Waals surface area (Å²) >= 11 is 11.5. The third-order valence-electron chi connectivity index (χ3n) is 3.42. The summed E-state index contributed by atoms with van der Waals surface area (Å²) in [5.74, 6) is -2.97. The molecule has 7 nitrogen and oxygen atoms in total. The topological polar surface area (TPSA) is 103 Å². The molecule has 1 aliphatic rings. The second-order valence-corrected chi connectivity index (χ2v) is 5.85. The Balaban J connectivity index is 2.26. The molecule has 0 spiro atoms. The summed E-state index contributed by atoms with van der Waals surface area (Å²) in [6, 6.07) is 2.67. The maximum Gasteiger partial charge on any atom is 0.573 e. The molecule has 3 rings (SSSR count). The zero-order valence-electron chi connectivity index (χ0n) is 12.3. The van der Waals surface area contributed by atoms with Crippen LogP contribution >= 0.6 is 23.2 Å². The van der Waals surface area contributed by atoms with E-state index in [1.807, 2.05) is 5.32 Å². The fourth-order valence-corrected chi connectivity index (χ4v) is 2.78. The number of nitrogens with one attached hydrogen (secondary N) is 1. The van der Waals surface area contributed by atoms with Gasteiger partial charge in [0.05, 0.1) is 21.8 Å². The molecule has 0 aliphatic carbocycles. The predicted molar refractivity (Wildman–Crippen MR) is 85.0 cm³/mol. The van der Waals surface area contributed by atoms with Crippen LogP contribution in [0.3, 0.4) is 0 Å². The first kappa shape index (κ1) is 18.1. The van der Waals surface area contributed by atoms with E-state index in [1.54, 1.807) is 0 Å². The first-order valence-corrected chi connectivity index (χ1v) is 7.41. The second-order valence-electron chi connectivity index (χ2n) is 5.06. The van der Waals surface area contributed by atoms with Crippen LogP contribution in [-0.2, 0) is 0 Å². The Hall–Kier alpha value is -2.72. The van der Waals surface area contributed by atoms with Gasteiger partial charge >= 0.3 is 6.36 Å². The molecule has 1 aromatic heterocycles. The molecule has 0 bridgehead atoms. The Morgan fingerprint density at radius 2 is 1.73 bits per heavy atom. The van der Waals surface area contributed by atoms with Crippen molar-refractivity contribution < 1.29 is 27.5 Å². The molecule has 12 heteroatoms. The fourth-order valence-electron chi connectivity index (χ4n) is 2.42. The lowest BCUT2D eigenvalue weighted by molar-refractivity contribution is -0.274. The lowest BCUT2D eigenvalue weighted by atomic mass is 10.1. The molecule has 2 heterocycles. The average molecular weight is 408 g/mol. The number of hydrogen-bond donors (Lipinski definition) is 2. The normalized spacial score (nSPS) is 13.6. The lowest BCUT2D eigenvalue weighted by Gasteiger charge is -2.16. The van der Waals surface area contributed by atoms with Crippen LogP contribution in [0, 0.1) is 0 Å². The van der Waals surface area contributed by atoms with Gasteiger partial charge in [0.2, 0.25) is 0 Å². The van der Waals surface area contributed by atoms with Crippen LogP contribution in [0.5, 0.6) is 5.75 Å². The number of rotatable bonds is 2. The van der Waals surface area contributed by atoms with Gasteiger partial charge in [-0.1, -0.05) is 23.2 Å². The minimum Gasteiger partial charge on any atom is -0.404 e. The van der Waals surface area contributed by atoms with Crippen molar-refractivity contribution in [1.82, 2.24) is 9.88 Å². The average Bonchev–Trinajstić information content (AvgIpc) is 2.77. The van der Waals surface area contributed by atoms with Gasteiger partial charge in [-0.3, -0.25) is 24.3 Å². The number of anilines is 1. The van der Waals surface area contributed by atoms with E-state index in [9.17, 15) is 27.6 Å². The fraction of sp³-hybridized carbons (Fsp3) is 0.0714. The van der Waals surface area contributed by atoms with Gasteiger partial charge in [-0.05, 0) is 6.07 Å². The van der Waals surface area contributed by atoms with Crippen LogP contribution in [0.1, 0.15) is 20.7 Å². The number of alkyl halides is 3. The summed E-state index contributed by atoms with van der Waals surface area (Å²) in [6.45, 7) is 0. The molecule has 0 atom stereocenters. The molecule has 2 amide bonds. The molecule has 1 aromatic carbocycles. The number of nitrogens with zero attached hydrogens (tertiary/aromatic N) is 1. The van der Waals surface area contributed by atoms with E-state index < -0.39 is 40.3 Å². The monoisotopic (exact) mass is 407 g/mol. The standard InChI is InChI=1S/C14H6Cl2F3N3O4/c15-6-1-4(2-7(10(6)16)26-14(17,18)19)22-8(23)3-5-9(11(22)20)13(25)21-12(5)24/h1-3H,20H2,(H,21,24,25). The number of aromatic nitrogens is 1. The van der Waals surface area contributed by atoms with Gasteiger partial charge in [-0.15, -0.1) is 13.2 Å². The van der Waals surface area contributed by atoms with Gasteiger partial charge in [0.25, 0.3) is 17.4 Å². The number of amides is 2. The van der Waals surface area contributed by atoms with Crippen LogP contribution in [0.15, 0.2) is 23.0 Å². The Morgan fingerprint density at radius 1 is 1.08 bits per heavy atom. The zero-order chi connectivity index (χ0) is 19.4. The minimum atomic E-state index is -5.06. The second kappa shape index (κ2) is 5.92. The molecule has 0 saturated heterocycles. The number of ether oxygens (including phenoxy) is 1. The van der Waals surface area contributed by atoms with Gasteiger partial charge in [0.15, 0.2) is 5.75 Å². The summed E-state index contributed by atoms with van der Waals surface area (Å²) in [5.41, 5.74) is 4.17. The third kappa shape index (κ3) is 2.97. The summed E-state index contributed by atoms with van der Waals surface area (Å²) < 4.78 is 42.0. The van der Waals surface area contributed by atoms with Gasteiger partial charge in [-0.2, -0.15) is 0 Å². The van der Waals surface area contributed by atoms with E-state index >= 15 is 0 Å². The number of fused-ring (bicyclic) bond motifs is 1. The molecular formula is C14H6Cl2F3N3O4. The van der Waals surface area contributed by atoms with Crippen molar-refractivity contribution in [3.8, 4) is 11.4 Å². The first-order chi connectivity index (χ1) is 12.0. The van der Waals surface area contributed by atoms with Crippen LogP contribution in [0.2, 0.25) is 10.0 Å². The van der Waals surface area contributed by atoms with Crippen molar-refractivity contribution in [2.75, 3.05) is 5.73 Å². The summed E-state index contributed by atoms with van der Waals surface area (Å²) in [7, 11) is 0. The minimum absolute atomic E-state index is 0.236. The van der Waals surface area contributed by atoms with Crippen molar-refractivity contribution >= 4 is 40.8 Å². The highest BCUT2D eigenvalue weighted by molar-refractivity contribution is 6.43. The number of halogens is 5. The summed E-state index contributed by atoms with van der Waals surface area (Å²) in [6.07, 6.45) is -5.06. The molecule has 136 valence electrons. The van der Waals surface area contributed by atoms with Crippen molar-refractivity contribution in [3.05, 3.63) is 49.7 Å². The highest BCUT2D eigenvalue weighted by Gasteiger charge is 2.34. The van der Waals surface area contributed by atoms with Crippen molar-refractivity contribution in [2.45, 2.75) is 6.36 Å². The molecule has 0 radical (unpaired) electrons. The number of benzene rings is 1. The number of nitrogens with two attached hydrogens (primary N) is 1. The number of pyridine rings is 1. The van der Waals surface area contributed by atoms with Crippen molar-refractivity contribution in [2.24, 2.45) is 0 Å². The lowest BCUT2D eigenvalue weighted by Crippen LogP contribution is -2.24.